The number of hydrogen-bond acceptors (Lipinski definition) is 3. The second-order valence-electron chi connectivity index (χ2n) is 5.28. The molecule has 17 heavy (non-hydrogen) atoms. The van der Waals surface area contributed by atoms with Crippen LogP contribution in [0.2, 0.25) is 0 Å². The van der Waals surface area contributed by atoms with E-state index in [0.717, 1.165) is 32.4 Å². The van der Waals surface area contributed by atoms with Crippen LogP contribution >= 0.6 is 0 Å². The highest BCUT2D eigenvalue weighted by Crippen LogP contribution is 2.41. The molecule has 3 nitrogen and oxygen atoms in total. The van der Waals surface area contributed by atoms with Gasteiger partial charge in [0.2, 0.25) is 0 Å². The number of nitrogens with zero attached hydrogens (tertiary/aromatic N) is 1. The van der Waals surface area contributed by atoms with Gasteiger partial charge in [-0.15, -0.1) is 0 Å². The molecule has 0 amide bonds. The summed E-state index contributed by atoms with van der Waals surface area (Å²) >= 11 is 0. The predicted molar refractivity (Wildman–Crippen MR) is 67.5 cm³/mol. The van der Waals surface area contributed by atoms with Gasteiger partial charge in [-0.3, -0.25) is 4.90 Å². The van der Waals surface area contributed by atoms with Crippen molar-refractivity contribution in [1.29, 1.82) is 0 Å². The van der Waals surface area contributed by atoms with Gasteiger partial charge in [0.05, 0.1) is 6.10 Å². The number of aliphatic hydroxyl groups is 1. The summed E-state index contributed by atoms with van der Waals surface area (Å²) < 4.78 is 0. The molecule has 1 aliphatic heterocycles. The molecule has 1 heterocycles. The van der Waals surface area contributed by atoms with Gasteiger partial charge in [0.1, 0.15) is 0 Å². The molecule has 1 aromatic rings. The number of hydrogen-bond donors (Lipinski definition) is 2. The first-order valence-electron chi connectivity index (χ1n) is 6.52. The molecular weight excluding hydrogens is 212 g/mol. The van der Waals surface area contributed by atoms with E-state index in [4.69, 9.17) is 5.73 Å². The highest BCUT2D eigenvalue weighted by Gasteiger charge is 2.34. The zero-order chi connectivity index (χ0) is 11.8. The molecule has 3 unspecified atom stereocenters. The normalized spacial score (nSPS) is 33.6. The lowest BCUT2D eigenvalue weighted by Gasteiger charge is -2.35. The smallest absolute Gasteiger partial charge is 0.0667 e. The van der Waals surface area contributed by atoms with E-state index >= 15 is 0 Å². The molecular formula is C14H20N2O. The molecule has 3 N–H and O–H groups in total. The molecule has 0 spiro atoms. The summed E-state index contributed by atoms with van der Waals surface area (Å²) in [6.45, 7) is 1.88. The molecule has 3 rings (SSSR count). The van der Waals surface area contributed by atoms with Crippen LogP contribution in [0.3, 0.4) is 0 Å². The summed E-state index contributed by atoms with van der Waals surface area (Å²) in [4.78, 5) is 2.40. The lowest BCUT2D eigenvalue weighted by atomic mass is 10.0. The van der Waals surface area contributed by atoms with Crippen LogP contribution in [-0.2, 0) is 0 Å². The van der Waals surface area contributed by atoms with Crippen molar-refractivity contribution in [2.45, 2.75) is 37.5 Å². The molecule has 0 bridgehead atoms. The Morgan fingerprint density at radius 2 is 2.00 bits per heavy atom. The van der Waals surface area contributed by atoms with Gasteiger partial charge >= 0.3 is 0 Å². The summed E-state index contributed by atoms with van der Waals surface area (Å²) in [5, 5.41) is 9.78. The van der Waals surface area contributed by atoms with Crippen LogP contribution in [0.15, 0.2) is 24.3 Å². The van der Waals surface area contributed by atoms with Crippen molar-refractivity contribution in [1.82, 2.24) is 4.90 Å². The number of piperidine rings is 1. The Hall–Kier alpha value is -0.900. The summed E-state index contributed by atoms with van der Waals surface area (Å²) in [7, 11) is 0. The number of nitrogens with two attached hydrogens (primary N) is 1. The fraction of sp³-hybridized carbons (Fsp3) is 0.571. The molecule has 92 valence electrons. The minimum atomic E-state index is -0.160. The monoisotopic (exact) mass is 232 g/mol. The first-order chi connectivity index (χ1) is 8.25. The third-order valence-corrected chi connectivity index (χ3v) is 4.10. The summed E-state index contributed by atoms with van der Waals surface area (Å²) in [6.07, 6.45) is 2.87. The van der Waals surface area contributed by atoms with Crippen LogP contribution in [0.25, 0.3) is 0 Å². The molecule has 0 aromatic heterocycles. The van der Waals surface area contributed by atoms with E-state index in [9.17, 15) is 5.11 Å². The van der Waals surface area contributed by atoms with Gasteiger partial charge in [-0.2, -0.15) is 0 Å². The van der Waals surface area contributed by atoms with Crippen molar-refractivity contribution in [2.75, 3.05) is 13.1 Å². The van der Waals surface area contributed by atoms with Crippen molar-refractivity contribution in [3.8, 4) is 0 Å². The molecule has 1 aromatic carbocycles. The van der Waals surface area contributed by atoms with Gasteiger partial charge < -0.3 is 10.8 Å². The average molecular weight is 232 g/mol. The quantitative estimate of drug-likeness (QED) is 0.773. The summed E-state index contributed by atoms with van der Waals surface area (Å²) in [5.41, 5.74) is 8.85. The summed E-state index contributed by atoms with van der Waals surface area (Å²) in [5.74, 6) is 0. The van der Waals surface area contributed by atoms with E-state index in [0.29, 0.717) is 6.04 Å². The van der Waals surface area contributed by atoms with Crippen molar-refractivity contribution in [3.63, 3.8) is 0 Å². The van der Waals surface area contributed by atoms with Gasteiger partial charge in [-0.25, -0.2) is 0 Å². The van der Waals surface area contributed by atoms with Gasteiger partial charge in [-0.05, 0) is 36.9 Å². The number of rotatable bonds is 1. The zero-order valence-electron chi connectivity index (χ0n) is 10.0. The fourth-order valence-corrected chi connectivity index (χ4v) is 3.26. The maximum atomic E-state index is 9.78. The highest BCUT2D eigenvalue weighted by atomic mass is 16.3. The molecule has 3 heteroatoms. The van der Waals surface area contributed by atoms with Gasteiger partial charge in [-0.1, -0.05) is 24.3 Å². The third kappa shape index (κ3) is 1.99. The fourth-order valence-electron chi connectivity index (χ4n) is 3.26. The van der Waals surface area contributed by atoms with E-state index in [1.54, 1.807) is 0 Å². The van der Waals surface area contributed by atoms with Crippen LogP contribution < -0.4 is 5.73 Å². The van der Waals surface area contributed by atoms with Crippen LogP contribution in [-0.4, -0.2) is 29.2 Å². The number of likely N-dealkylation sites (tertiary alicyclic amines) is 1. The molecule has 1 aliphatic carbocycles. The van der Waals surface area contributed by atoms with Crippen molar-refractivity contribution < 1.29 is 5.11 Å². The van der Waals surface area contributed by atoms with E-state index in [1.165, 1.54) is 11.1 Å². The Morgan fingerprint density at radius 1 is 1.24 bits per heavy atom. The minimum Gasteiger partial charge on any atom is -0.392 e. The molecule has 3 atom stereocenters. The number of fused-ring (bicyclic) bond motifs is 1. The minimum absolute atomic E-state index is 0.160. The van der Waals surface area contributed by atoms with Crippen LogP contribution in [0, 0.1) is 0 Å². The van der Waals surface area contributed by atoms with E-state index in [1.807, 2.05) is 0 Å². The molecule has 0 radical (unpaired) electrons. The Labute approximate surface area is 102 Å². The lowest BCUT2D eigenvalue weighted by Crippen LogP contribution is -2.40. The number of benzene rings is 1. The Kier molecular flexibility index (Phi) is 2.90. The van der Waals surface area contributed by atoms with E-state index in [2.05, 4.69) is 29.2 Å². The average Bonchev–Trinajstić information content (AvgIpc) is 2.68. The topological polar surface area (TPSA) is 49.5 Å². The van der Waals surface area contributed by atoms with Crippen molar-refractivity contribution in [3.05, 3.63) is 35.4 Å². The van der Waals surface area contributed by atoms with Crippen LogP contribution in [0.5, 0.6) is 0 Å². The Balaban J connectivity index is 1.85. The maximum absolute atomic E-state index is 9.78. The van der Waals surface area contributed by atoms with Gasteiger partial charge in [0.15, 0.2) is 0 Å². The van der Waals surface area contributed by atoms with Crippen molar-refractivity contribution in [2.24, 2.45) is 5.73 Å². The standard InChI is InChI=1S/C14H20N2O/c15-13-8-14(12-6-2-1-5-11(12)13)16-7-3-4-10(17)9-16/h1-2,5-6,10,13-14,17H,3-4,7-9,15H2. The second kappa shape index (κ2) is 4.41. The first kappa shape index (κ1) is 11.2. The highest BCUT2D eigenvalue weighted by molar-refractivity contribution is 5.37. The van der Waals surface area contributed by atoms with E-state index in [-0.39, 0.29) is 12.1 Å². The second-order valence-corrected chi connectivity index (χ2v) is 5.28. The molecule has 1 saturated heterocycles. The van der Waals surface area contributed by atoms with Crippen LogP contribution in [0.1, 0.15) is 42.5 Å². The first-order valence-corrected chi connectivity index (χ1v) is 6.52. The lowest BCUT2D eigenvalue weighted by molar-refractivity contribution is 0.0451. The largest absolute Gasteiger partial charge is 0.392 e. The zero-order valence-corrected chi connectivity index (χ0v) is 10.0. The maximum Gasteiger partial charge on any atom is 0.0667 e. The van der Waals surface area contributed by atoms with Gasteiger partial charge in [0, 0.05) is 18.6 Å². The molecule has 2 aliphatic rings. The van der Waals surface area contributed by atoms with Crippen molar-refractivity contribution >= 4 is 0 Å². The predicted octanol–water partition coefficient (Wildman–Crippen LogP) is 1.59. The Bertz CT molecular complexity index is 407. The molecule has 1 fully saturated rings. The SMILES string of the molecule is NC1CC(N2CCCC(O)C2)c2ccccc21. The van der Waals surface area contributed by atoms with Crippen LogP contribution in [0.4, 0.5) is 0 Å². The number of aliphatic hydroxyl groups excluding tert-OH is 1. The Morgan fingerprint density at radius 3 is 2.76 bits per heavy atom. The molecule has 0 saturated carbocycles. The third-order valence-electron chi connectivity index (χ3n) is 4.10. The number of β-amino-alcohol motifs (C(OH)–C–C–N with tert-alkyl or cyclic N) is 1. The van der Waals surface area contributed by atoms with Gasteiger partial charge in [0.25, 0.3) is 0 Å². The summed E-state index contributed by atoms with van der Waals surface area (Å²) in [6, 6.07) is 9.05. The van der Waals surface area contributed by atoms with E-state index < -0.39 is 0 Å².